The lowest BCUT2D eigenvalue weighted by molar-refractivity contribution is -0.903. The monoisotopic (exact) mass is 282 g/mol. The number of anilines is 1. The van der Waals surface area contributed by atoms with Crippen LogP contribution in [0.25, 0.3) is 0 Å². The molecule has 2 N–H and O–H groups in total. The van der Waals surface area contributed by atoms with Crippen LogP contribution in [-0.4, -0.2) is 42.7 Å². The number of benzene rings is 1. The van der Waals surface area contributed by atoms with E-state index in [1.54, 1.807) is 17.0 Å². The summed E-state index contributed by atoms with van der Waals surface area (Å²) >= 11 is 5.40. The molecule has 1 saturated heterocycles. The van der Waals surface area contributed by atoms with Gasteiger partial charge in [0.2, 0.25) is 0 Å². The Labute approximate surface area is 119 Å². The second kappa shape index (κ2) is 6.82. The number of piperazine rings is 1. The fourth-order valence-corrected chi connectivity index (χ4v) is 2.67. The van der Waals surface area contributed by atoms with Crippen LogP contribution in [0.4, 0.5) is 10.1 Å². The van der Waals surface area contributed by atoms with Gasteiger partial charge in [-0.1, -0.05) is 6.92 Å². The zero-order valence-electron chi connectivity index (χ0n) is 11.3. The van der Waals surface area contributed by atoms with Crippen molar-refractivity contribution >= 4 is 23.0 Å². The Morgan fingerprint density at radius 1 is 1.32 bits per heavy atom. The molecular weight excluding hydrogens is 261 g/mol. The third-order valence-corrected chi connectivity index (χ3v) is 3.82. The van der Waals surface area contributed by atoms with Gasteiger partial charge >= 0.3 is 0 Å². The highest BCUT2D eigenvalue weighted by Gasteiger charge is 2.20. The average Bonchev–Trinajstić information content (AvgIpc) is 2.42. The van der Waals surface area contributed by atoms with Gasteiger partial charge in [0, 0.05) is 5.69 Å². The summed E-state index contributed by atoms with van der Waals surface area (Å²) in [6.07, 6.45) is 1.23. The first kappa shape index (κ1) is 14.2. The van der Waals surface area contributed by atoms with Gasteiger partial charge in [0.1, 0.15) is 5.82 Å². The maximum Gasteiger partial charge on any atom is 0.173 e. The molecule has 0 aliphatic carbocycles. The minimum absolute atomic E-state index is 0.228. The first-order valence-electron chi connectivity index (χ1n) is 6.84. The molecule has 0 radical (unpaired) electrons. The van der Waals surface area contributed by atoms with E-state index in [4.69, 9.17) is 12.2 Å². The van der Waals surface area contributed by atoms with Crippen molar-refractivity contribution < 1.29 is 9.29 Å². The minimum atomic E-state index is -0.228. The summed E-state index contributed by atoms with van der Waals surface area (Å²) in [5, 5.41) is 3.91. The summed E-state index contributed by atoms with van der Waals surface area (Å²) < 4.78 is 12.8. The number of rotatable bonds is 3. The minimum Gasteiger partial charge on any atom is -0.338 e. The molecule has 5 heteroatoms. The van der Waals surface area contributed by atoms with E-state index in [9.17, 15) is 4.39 Å². The van der Waals surface area contributed by atoms with E-state index in [-0.39, 0.29) is 5.82 Å². The number of nitrogens with one attached hydrogen (secondary N) is 2. The molecule has 0 aromatic heterocycles. The Hall–Kier alpha value is -1.20. The summed E-state index contributed by atoms with van der Waals surface area (Å²) in [6, 6.07) is 6.29. The Balaban J connectivity index is 1.83. The topological polar surface area (TPSA) is 19.7 Å². The Morgan fingerprint density at radius 3 is 2.53 bits per heavy atom. The van der Waals surface area contributed by atoms with Gasteiger partial charge in [0.15, 0.2) is 5.11 Å². The van der Waals surface area contributed by atoms with Crippen LogP contribution in [-0.2, 0) is 0 Å². The molecule has 1 aliphatic heterocycles. The molecule has 0 saturated carbocycles. The lowest BCUT2D eigenvalue weighted by atomic mass is 10.3. The molecule has 0 atom stereocenters. The van der Waals surface area contributed by atoms with Crippen molar-refractivity contribution in [3.63, 3.8) is 0 Å². The fraction of sp³-hybridized carbons (Fsp3) is 0.500. The Morgan fingerprint density at radius 2 is 1.95 bits per heavy atom. The highest BCUT2D eigenvalue weighted by molar-refractivity contribution is 7.80. The van der Waals surface area contributed by atoms with E-state index in [1.165, 1.54) is 25.1 Å². The van der Waals surface area contributed by atoms with E-state index >= 15 is 0 Å². The van der Waals surface area contributed by atoms with Gasteiger partial charge < -0.3 is 15.1 Å². The number of halogens is 1. The maximum absolute atomic E-state index is 12.8. The van der Waals surface area contributed by atoms with Crippen LogP contribution in [0.2, 0.25) is 0 Å². The van der Waals surface area contributed by atoms with Crippen LogP contribution >= 0.6 is 12.2 Å². The lowest BCUT2D eigenvalue weighted by Gasteiger charge is -2.33. The van der Waals surface area contributed by atoms with Crippen molar-refractivity contribution in [1.82, 2.24) is 4.90 Å². The third kappa shape index (κ3) is 4.14. The van der Waals surface area contributed by atoms with E-state index in [0.29, 0.717) is 0 Å². The molecule has 1 fully saturated rings. The quantitative estimate of drug-likeness (QED) is 0.811. The van der Waals surface area contributed by atoms with Crippen LogP contribution in [0.1, 0.15) is 13.3 Å². The zero-order chi connectivity index (χ0) is 13.7. The Kier molecular flexibility index (Phi) is 5.10. The molecule has 0 amide bonds. The largest absolute Gasteiger partial charge is 0.338 e. The standard InChI is InChI=1S/C14H20FN3S/c1-2-7-17-8-10-18(11-9-17)14(19)16-13-5-3-12(15)4-6-13/h3-6H,2,7-11H2,1H3,(H,16,19)/p+1. The predicted molar refractivity (Wildman–Crippen MR) is 80.0 cm³/mol. The molecule has 104 valence electrons. The smallest absolute Gasteiger partial charge is 0.173 e. The van der Waals surface area contributed by atoms with Crippen molar-refractivity contribution in [2.24, 2.45) is 0 Å². The second-order valence-corrected chi connectivity index (χ2v) is 5.31. The van der Waals surface area contributed by atoms with E-state index in [2.05, 4.69) is 17.1 Å². The predicted octanol–water partition coefficient (Wildman–Crippen LogP) is 1.13. The normalized spacial score (nSPS) is 16.4. The molecule has 19 heavy (non-hydrogen) atoms. The molecule has 3 nitrogen and oxygen atoms in total. The maximum atomic E-state index is 12.8. The van der Waals surface area contributed by atoms with E-state index in [0.717, 1.165) is 37.0 Å². The molecule has 0 spiro atoms. The number of quaternary nitrogens is 1. The zero-order valence-corrected chi connectivity index (χ0v) is 12.1. The van der Waals surface area contributed by atoms with Crippen LogP contribution < -0.4 is 10.2 Å². The number of nitrogens with zero attached hydrogens (tertiary/aromatic N) is 1. The van der Waals surface area contributed by atoms with Gasteiger partial charge in [0.25, 0.3) is 0 Å². The fourth-order valence-electron chi connectivity index (χ4n) is 2.37. The van der Waals surface area contributed by atoms with Crippen molar-refractivity contribution in [2.75, 3.05) is 38.0 Å². The summed E-state index contributed by atoms with van der Waals surface area (Å²) in [5.74, 6) is -0.228. The highest BCUT2D eigenvalue weighted by Crippen LogP contribution is 2.09. The van der Waals surface area contributed by atoms with Crippen molar-refractivity contribution in [2.45, 2.75) is 13.3 Å². The van der Waals surface area contributed by atoms with Crippen molar-refractivity contribution in [1.29, 1.82) is 0 Å². The van der Waals surface area contributed by atoms with Crippen LogP contribution in [0, 0.1) is 5.82 Å². The van der Waals surface area contributed by atoms with Gasteiger partial charge in [-0.05, 0) is 42.9 Å². The van der Waals surface area contributed by atoms with Gasteiger partial charge in [-0.2, -0.15) is 0 Å². The van der Waals surface area contributed by atoms with Gasteiger partial charge in [-0.3, -0.25) is 0 Å². The molecule has 2 rings (SSSR count). The Bertz CT molecular complexity index is 413. The van der Waals surface area contributed by atoms with Crippen LogP contribution in [0.3, 0.4) is 0 Å². The van der Waals surface area contributed by atoms with Gasteiger partial charge in [0.05, 0.1) is 32.7 Å². The van der Waals surface area contributed by atoms with Gasteiger partial charge in [-0.25, -0.2) is 4.39 Å². The average molecular weight is 282 g/mol. The lowest BCUT2D eigenvalue weighted by Crippen LogP contribution is -3.14. The number of hydrogen-bond donors (Lipinski definition) is 2. The molecule has 1 aliphatic rings. The summed E-state index contributed by atoms with van der Waals surface area (Å²) in [5.41, 5.74) is 0.842. The van der Waals surface area contributed by atoms with E-state index in [1.807, 2.05) is 0 Å². The molecule has 1 aromatic carbocycles. The molecule has 0 unspecified atom stereocenters. The second-order valence-electron chi connectivity index (χ2n) is 4.92. The van der Waals surface area contributed by atoms with Crippen molar-refractivity contribution in [3.8, 4) is 0 Å². The molecular formula is C14H21FN3S+. The molecule has 1 aromatic rings. The first-order chi connectivity index (χ1) is 9.19. The SMILES string of the molecule is CCC[NH+]1CCN(C(=S)Nc2ccc(F)cc2)CC1. The van der Waals surface area contributed by atoms with E-state index < -0.39 is 0 Å². The van der Waals surface area contributed by atoms with Crippen molar-refractivity contribution in [3.05, 3.63) is 30.1 Å². The molecule has 0 bridgehead atoms. The highest BCUT2D eigenvalue weighted by atomic mass is 32.1. The first-order valence-corrected chi connectivity index (χ1v) is 7.25. The summed E-state index contributed by atoms with van der Waals surface area (Å²) in [4.78, 5) is 3.85. The number of hydrogen-bond acceptors (Lipinski definition) is 1. The summed E-state index contributed by atoms with van der Waals surface area (Å²) in [7, 11) is 0. The van der Waals surface area contributed by atoms with Crippen LogP contribution in [0.15, 0.2) is 24.3 Å². The number of thiocarbonyl (C=S) groups is 1. The summed E-state index contributed by atoms with van der Waals surface area (Å²) in [6.45, 7) is 7.72. The third-order valence-electron chi connectivity index (χ3n) is 3.46. The molecule has 1 heterocycles. The van der Waals surface area contributed by atoms with Crippen LogP contribution in [0.5, 0.6) is 0 Å². The van der Waals surface area contributed by atoms with Gasteiger partial charge in [-0.15, -0.1) is 0 Å².